The summed E-state index contributed by atoms with van der Waals surface area (Å²) < 4.78 is 4.89. The van der Waals surface area contributed by atoms with Crippen LogP contribution in [0.5, 0.6) is 0 Å². The molecular weight excluding hydrogens is 420 g/mol. The zero-order valence-electron chi connectivity index (χ0n) is 20.9. The lowest BCUT2D eigenvalue weighted by Gasteiger charge is -2.43. The maximum absolute atomic E-state index is 12.0. The van der Waals surface area contributed by atoms with E-state index in [0.29, 0.717) is 5.56 Å². The van der Waals surface area contributed by atoms with Crippen molar-refractivity contribution in [2.75, 3.05) is 19.1 Å². The fourth-order valence-corrected chi connectivity index (χ4v) is 5.32. The van der Waals surface area contributed by atoms with Crippen LogP contribution in [0.15, 0.2) is 65.7 Å². The van der Waals surface area contributed by atoms with E-state index in [1.54, 1.807) is 0 Å². The van der Waals surface area contributed by atoms with Crippen LogP contribution in [0.1, 0.15) is 73.1 Å². The molecule has 2 aliphatic rings. The molecule has 1 aliphatic carbocycles. The molecule has 5 rings (SSSR count). The number of rotatable bonds is 2. The number of benzene rings is 3. The molecule has 0 unspecified atom stereocenters. The normalized spacial score (nSPS) is 17.6. The van der Waals surface area contributed by atoms with Crippen LogP contribution in [0.2, 0.25) is 0 Å². The van der Waals surface area contributed by atoms with Crippen LogP contribution in [0, 0.1) is 0 Å². The number of para-hydroxylation sites is 2. The smallest absolute Gasteiger partial charge is 0.337 e. The number of nitrogens with zero attached hydrogens (tertiary/aromatic N) is 2. The van der Waals surface area contributed by atoms with Crippen LogP contribution in [0.3, 0.4) is 0 Å². The molecule has 3 aromatic rings. The van der Waals surface area contributed by atoms with Crippen LogP contribution in [0.4, 0.5) is 17.1 Å². The number of aliphatic imine (C=N–C) groups is 1. The van der Waals surface area contributed by atoms with Gasteiger partial charge < -0.3 is 9.64 Å². The van der Waals surface area contributed by atoms with Gasteiger partial charge in [-0.25, -0.2) is 9.79 Å². The maximum atomic E-state index is 12.0. The summed E-state index contributed by atoms with van der Waals surface area (Å²) in [5.74, 6) is -0.335. The molecule has 0 fully saturated rings. The van der Waals surface area contributed by atoms with Crippen molar-refractivity contribution in [2.45, 2.75) is 51.4 Å². The molecular formula is C30H32N2O2. The molecule has 0 N–H and O–H groups in total. The van der Waals surface area contributed by atoms with Gasteiger partial charge >= 0.3 is 5.97 Å². The molecule has 0 radical (unpaired) electrons. The van der Waals surface area contributed by atoms with E-state index in [4.69, 9.17) is 9.73 Å². The Balaban J connectivity index is 1.79. The lowest BCUT2D eigenvalue weighted by atomic mass is 9.62. The molecule has 4 nitrogen and oxygen atoms in total. The second-order valence-electron chi connectivity index (χ2n) is 10.8. The molecule has 34 heavy (non-hydrogen) atoms. The van der Waals surface area contributed by atoms with Crippen molar-refractivity contribution in [3.8, 4) is 0 Å². The molecule has 3 aromatic carbocycles. The monoisotopic (exact) mass is 452 g/mol. The summed E-state index contributed by atoms with van der Waals surface area (Å²) in [6.07, 6.45) is 2.32. The highest BCUT2D eigenvalue weighted by Gasteiger charge is 2.39. The molecule has 0 saturated heterocycles. The molecule has 174 valence electrons. The first kappa shape index (κ1) is 22.4. The Morgan fingerprint density at radius 1 is 0.882 bits per heavy atom. The lowest BCUT2D eigenvalue weighted by Crippen LogP contribution is -2.34. The molecule has 0 aromatic heterocycles. The van der Waals surface area contributed by atoms with Crippen molar-refractivity contribution < 1.29 is 9.53 Å². The van der Waals surface area contributed by atoms with Gasteiger partial charge in [0.15, 0.2) is 0 Å². The van der Waals surface area contributed by atoms with E-state index in [9.17, 15) is 4.79 Å². The van der Waals surface area contributed by atoms with Gasteiger partial charge in [0.1, 0.15) is 0 Å². The number of methoxy groups -OCH3 is 1. The van der Waals surface area contributed by atoms with E-state index in [0.717, 1.165) is 40.3 Å². The largest absolute Gasteiger partial charge is 0.465 e. The third-order valence-electron chi connectivity index (χ3n) is 7.64. The first-order valence-corrected chi connectivity index (χ1v) is 11.9. The lowest BCUT2D eigenvalue weighted by molar-refractivity contribution is 0.0600. The van der Waals surface area contributed by atoms with Crippen LogP contribution in [-0.4, -0.2) is 25.8 Å². The van der Waals surface area contributed by atoms with E-state index in [2.05, 4.69) is 70.0 Å². The first-order valence-electron chi connectivity index (χ1n) is 11.9. The van der Waals surface area contributed by atoms with Gasteiger partial charge in [-0.1, -0.05) is 52.0 Å². The number of carbonyl (C=O) groups excluding carboxylic acids is 1. The maximum Gasteiger partial charge on any atom is 0.337 e. The van der Waals surface area contributed by atoms with Gasteiger partial charge in [-0.3, -0.25) is 0 Å². The van der Waals surface area contributed by atoms with Crippen molar-refractivity contribution in [1.29, 1.82) is 0 Å². The van der Waals surface area contributed by atoms with E-state index < -0.39 is 0 Å². The Bertz CT molecular complexity index is 1320. The van der Waals surface area contributed by atoms with E-state index in [-0.39, 0.29) is 16.8 Å². The molecule has 0 amide bonds. The molecule has 1 aliphatic heterocycles. The van der Waals surface area contributed by atoms with Gasteiger partial charge in [0.25, 0.3) is 0 Å². The van der Waals surface area contributed by atoms with Crippen LogP contribution in [0.25, 0.3) is 0 Å². The predicted octanol–water partition coefficient (Wildman–Crippen LogP) is 7.07. The van der Waals surface area contributed by atoms with Gasteiger partial charge in [0.05, 0.1) is 35.4 Å². The number of fused-ring (bicyclic) bond motifs is 3. The van der Waals surface area contributed by atoms with Gasteiger partial charge in [-0.2, -0.15) is 0 Å². The molecule has 0 bridgehead atoms. The molecule has 4 heteroatoms. The highest BCUT2D eigenvalue weighted by atomic mass is 16.5. The standard InChI is InChI=1S/C30H32N2O2/c1-29(2)15-16-30(3,4)23-18-26-21(17-22(23)29)27(19-11-13-20(14-12-19)28(33)34-6)31-24-9-7-8-10-25(24)32(26)5/h7-14,17-18H,15-16H2,1-6H3. The SMILES string of the molecule is COC(=O)c1ccc(C2=Nc3ccccc3N(C)c3cc4c(cc32)C(C)(C)CCC4(C)C)cc1. The number of hydrogen-bond acceptors (Lipinski definition) is 4. The average Bonchev–Trinajstić information content (AvgIpc) is 2.96. The predicted molar refractivity (Wildman–Crippen MR) is 139 cm³/mol. The minimum atomic E-state index is -0.335. The second-order valence-corrected chi connectivity index (χ2v) is 10.8. The van der Waals surface area contributed by atoms with E-state index >= 15 is 0 Å². The zero-order chi connectivity index (χ0) is 24.3. The van der Waals surface area contributed by atoms with Crippen molar-refractivity contribution in [2.24, 2.45) is 4.99 Å². The van der Waals surface area contributed by atoms with Gasteiger partial charge in [-0.05, 0) is 71.2 Å². The molecule has 0 saturated carbocycles. The van der Waals surface area contributed by atoms with Crippen molar-refractivity contribution >= 4 is 28.7 Å². The Morgan fingerprint density at radius 3 is 2.15 bits per heavy atom. The summed E-state index contributed by atoms with van der Waals surface area (Å²) in [5, 5.41) is 0. The summed E-state index contributed by atoms with van der Waals surface area (Å²) >= 11 is 0. The quantitative estimate of drug-likeness (QED) is 0.390. The summed E-state index contributed by atoms with van der Waals surface area (Å²) in [4.78, 5) is 19.4. The third-order valence-corrected chi connectivity index (χ3v) is 7.64. The highest BCUT2D eigenvalue weighted by molar-refractivity contribution is 6.19. The highest BCUT2D eigenvalue weighted by Crippen LogP contribution is 2.49. The number of anilines is 2. The fourth-order valence-electron chi connectivity index (χ4n) is 5.32. The van der Waals surface area contributed by atoms with Crippen LogP contribution >= 0.6 is 0 Å². The Morgan fingerprint density at radius 2 is 1.50 bits per heavy atom. The van der Waals surface area contributed by atoms with Crippen LogP contribution in [-0.2, 0) is 15.6 Å². The summed E-state index contributed by atoms with van der Waals surface area (Å²) in [6, 6.07) is 20.6. The van der Waals surface area contributed by atoms with Crippen LogP contribution < -0.4 is 4.90 Å². The Kier molecular flexibility index (Phi) is 5.16. The van der Waals surface area contributed by atoms with Gasteiger partial charge in [0, 0.05) is 18.2 Å². The topological polar surface area (TPSA) is 41.9 Å². The minimum Gasteiger partial charge on any atom is -0.465 e. The van der Waals surface area contributed by atoms with E-state index in [1.807, 2.05) is 30.3 Å². The van der Waals surface area contributed by atoms with Gasteiger partial charge in [0.2, 0.25) is 0 Å². The number of hydrogen-bond donors (Lipinski definition) is 0. The first-order chi connectivity index (χ1) is 16.1. The summed E-state index contributed by atoms with van der Waals surface area (Å²) in [7, 11) is 3.53. The molecule has 0 atom stereocenters. The summed E-state index contributed by atoms with van der Waals surface area (Å²) in [5.41, 5.74) is 9.77. The van der Waals surface area contributed by atoms with Crippen molar-refractivity contribution in [3.63, 3.8) is 0 Å². The average molecular weight is 453 g/mol. The third kappa shape index (κ3) is 3.53. The number of esters is 1. The van der Waals surface area contributed by atoms with Crippen molar-refractivity contribution in [1.82, 2.24) is 0 Å². The number of ether oxygens (including phenoxy) is 1. The number of carbonyl (C=O) groups is 1. The van der Waals surface area contributed by atoms with Gasteiger partial charge in [-0.15, -0.1) is 0 Å². The Hall–Kier alpha value is -3.40. The Labute approximate surface area is 202 Å². The zero-order valence-corrected chi connectivity index (χ0v) is 20.9. The molecule has 0 spiro atoms. The molecule has 1 heterocycles. The van der Waals surface area contributed by atoms with Crippen molar-refractivity contribution in [3.05, 3.63) is 88.5 Å². The van der Waals surface area contributed by atoms with E-state index in [1.165, 1.54) is 24.7 Å². The minimum absolute atomic E-state index is 0.0947. The summed E-state index contributed by atoms with van der Waals surface area (Å²) in [6.45, 7) is 9.42. The second kappa shape index (κ2) is 7.83. The fraction of sp³-hybridized carbons (Fsp3) is 0.333.